The van der Waals surface area contributed by atoms with E-state index >= 15 is 0 Å². The van der Waals surface area contributed by atoms with E-state index < -0.39 is 23.8 Å². The third-order valence-corrected chi connectivity index (χ3v) is 7.71. The highest BCUT2D eigenvalue weighted by Gasteiger charge is 2.37. The Labute approximate surface area is 268 Å². The van der Waals surface area contributed by atoms with E-state index in [1.807, 2.05) is 62.4 Å². The van der Waals surface area contributed by atoms with Crippen molar-refractivity contribution in [1.82, 2.24) is 15.5 Å². The highest BCUT2D eigenvalue weighted by atomic mass is 16.6. The number of hydrogen-bond acceptors (Lipinski definition) is 5. The van der Waals surface area contributed by atoms with E-state index in [-0.39, 0.29) is 24.0 Å². The summed E-state index contributed by atoms with van der Waals surface area (Å²) >= 11 is 0. The predicted octanol–water partition coefficient (Wildman–Crippen LogP) is 6.91. The smallest absolute Gasteiger partial charge is 0.408 e. The number of benzene rings is 3. The number of nitrogens with one attached hydrogen (secondary N) is 2. The summed E-state index contributed by atoms with van der Waals surface area (Å²) in [6.45, 7) is 12.0. The number of rotatable bonds is 14. The molecule has 0 fully saturated rings. The molecule has 8 heteroatoms. The summed E-state index contributed by atoms with van der Waals surface area (Å²) in [6, 6.07) is 20.0. The van der Waals surface area contributed by atoms with Gasteiger partial charge in [0.05, 0.1) is 0 Å². The normalized spacial score (nSPS) is 12.6. The summed E-state index contributed by atoms with van der Waals surface area (Å²) in [5.41, 5.74) is 3.60. The molecule has 3 aromatic rings. The number of aryl methyl sites for hydroxylation is 1. The highest BCUT2D eigenvalue weighted by molar-refractivity contribution is 5.92. The van der Waals surface area contributed by atoms with E-state index in [1.165, 1.54) is 0 Å². The zero-order valence-corrected chi connectivity index (χ0v) is 27.6. The van der Waals surface area contributed by atoms with Crippen LogP contribution >= 0.6 is 0 Å². The topological polar surface area (TPSA) is 108 Å². The van der Waals surface area contributed by atoms with Gasteiger partial charge in [-0.25, -0.2) is 4.79 Å². The number of aromatic hydroxyl groups is 1. The second-order valence-electron chi connectivity index (χ2n) is 12.6. The number of phenolic OH excluding ortho intramolecular Hbond substituents is 1. The molecule has 3 aromatic carbocycles. The number of carbonyl (C=O) groups is 3. The van der Waals surface area contributed by atoms with Crippen LogP contribution in [0, 0.1) is 13.8 Å². The van der Waals surface area contributed by atoms with Crippen molar-refractivity contribution in [2.24, 2.45) is 0 Å². The number of carbonyl (C=O) groups excluding carboxylic acids is 3. The van der Waals surface area contributed by atoms with Gasteiger partial charge in [0.1, 0.15) is 23.4 Å². The SMILES string of the molecule is CCCCCCN(C(=O)C(Cc1ccc(O)cc1)NC(=O)OC(C)(C)C)C(C(=O)NCc1ccccc1)c1cccc(C)c1C. The molecule has 0 bridgehead atoms. The number of ether oxygens (including phenoxy) is 1. The van der Waals surface area contributed by atoms with Crippen molar-refractivity contribution in [2.45, 2.75) is 97.9 Å². The molecule has 0 saturated heterocycles. The van der Waals surface area contributed by atoms with Crippen LogP contribution in [0.5, 0.6) is 5.75 Å². The first-order chi connectivity index (χ1) is 21.4. The van der Waals surface area contributed by atoms with Crippen molar-refractivity contribution in [1.29, 1.82) is 0 Å². The Bertz CT molecular complexity index is 1400. The molecule has 0 aliphatic rings. The molecule has 0 aliphatic heterocycles. The van der Waals surface area contributed by atoms with E-state index in [9.17, 15) is 19.5 Å². The Morgan fingerprint density at radius 3 is 2.20 bits per heavy atom. The van der Waals surface area contributed by atoms with Gasteiger partial charge in [-0.15, -0.1) is 0 Å². The summed E-state index contributed by atoms with van der Waals surface area (Å²) in [4.78, 5) is 43.6. The fourth-order valence-corrected chi connectivity index (χ4v) is 5.20. The van der Waals surface area contributed by atoms with Crippen LogP contribution in [0.25, 0.3) is 0 Å². The summed E-state index contributed by atoms with van der Waals surface area (Å²) < 4.78 is 5.54. The van der Waals surface area contributed by atoms with Crippen LogP contribution in [-0.4, -0.2) is 46.1 Å². The van der Waals surface area contributed by atoms with Gasteiger partial charge in [-0.05, 0) is 81.0 Å². The van der Waals surface area contributed by atoms with E-state index in [0.717, 1.165) is 47.1 Å². The number of unbranched alkanes of at least 4 members (excludes halogenated alkanes) is 3. The van der Waals surface area contributed by atoms with Gasteiger partial charge >= 0.3 is 6.09 Å². The average Bonchev–Trinajstić information content (AvgIpc) is 2.99. The number of hydrogen-bond donors (Lipinski definition) is 3. The number of nitrogens with zero attached hydrogens (tertiary/aromatic N) is 1. The van der Waals surface area contributed by atoms with Crippen LogP contribution in [0.1, 0.15) is 87.2 Å². The fraction of sp³-hybridized carbons (Fsp3) is 0.432. The minimum absolute atomic E-state index is 0.101. The standard InChI is InChI=1S/C37H49N3O5/c1-7-8-9-13-23-40(35(43)32(39-36(44)45-37(4,5)6)24-28-19-21-30(41)22-20-28)33(31-18-14-15-26(2)27(31)3)34(42)38-25-29-16-11-10-12-17-29/h10-12,14-22,32-33,41H,7-9,13,23-25H2,1-6H3,(H,38,42)(H,39,44). The highest BCUT2D eigenvalue weighted by Crippen LogP contribution is 2.29. The Kier molecular flexibility index (Phi) is 13.0. The van der Waals surface area contributed by atoms with Gasteiger partial charge in [-0.2, -0.15) is 0 Å². The zero-order valence-electron chi connectivity index (χ0n) is 27.6. The molecule has 2 atom stereocenters. The van der Waals surface area contributed by atoms with Crippen molar-refractivity contribution in [3.05, 3.63) is 101 Å². The fourth-order valence-electron chi connectivity index (χ4n) is 5.20. The van der Waals surface area contributed by atoms with Crippen molar-refractivity contribution in [3.8, 4) is 5.75 Å². The largest absolute Gasteiger partial charge is 0.508 e. The van der Waals surface area contributed by atoms with E-state index in [0.29, 0.717) is 19.5 Å². The van der Waals surface area contributed by atoms with Crippen LogP contribution in [0.2, 0.25) is 0 Å². The van der Waals surface area contributed by atoms with Crippen LogP contribution < -0.4 is 10.6 Å². The molecule has 3 rings (SSSR count). The maximum Gasteiger partial charge on any atom is 0.408 e. The van der Waals surface area contributed by atoms with Gasteiger partial charge in [0.2, 0.25) is 11.8 Å². The molecule has 0 aromatic heterocycles. The van der Waals surface area contributed by atoms with Gasteiger partial charge in [-0.1, -0.05) is 86.8 Å². The lowest BCUT2D eigenvalue weighted by Crippen LogP contribution is -2.54. The molecule has 0 radical (unpaired) electrons. The molecule has 45 heavy (non-hydrogen) atoms. The maximum atomic E-state index is 14.7. The third-order valence-electron chi connectivity index (χ3n) is 7.71. The van der Waals surface area contributed by atoms with Crippen molar-refractivity contribution in [2.75, 3.05) is 6.54 Å². The van der Waals surface area contributed by atoms with E-state index in [2.05, 4.69) is 17.6 Å². The maximum absolute atomic E-state index is 14.7. The first kappa shape index (κ1) is 35.2. The molecular formula is C37H49N3O5. The average molecular weight is 616 g/mol. The van der Waals surface area contributed by atoms with Crippen LogP contribution in [0.3, 0.4) is 0 Å². The minimum Gasteiger partial charge on any atom is -0.508 e. The van der Waals surface area contributed by atoms with Gasteiger partial charge in [0, 0.05) is 19.5 Å². The molecule has 0 heterocycles. The molecule has 3 N–H and O–H groups in total. The summed E-state index contributed by atoms with van der Waals surface area (Å²) in [7, 11) is 0. The molecule has 242 valence electrons. The zero-order chi connectivity index (χ0) is 33.0. The minimum atomic E-state index is -1.02. The predicted molar refractivity (Wildman–Crippen MR) is 178 cm³/mol. The second-order valence-corrected chi connectivity index (χ2v) is 12.6. The van der Waals surface area contributed by atoms with Crippen molar-refractivity contribution in [3.63, 3.8) is 0 Å². The number of phenols is 1. The lowest BCUT2D eigenvalue weighted by atomic mass is 9.94. The molecular weight excluding hydrogens is 566 g/mol. The summed E-state index contributed by atoms with van der Waals surface area (Å²) in [5.74, 6) is -0.576. The molecule has 0 spiro atoms. The monoisotopic (exact) mass is 615 g/mol. The summed E-state index contributed by atoms with van der Waals surface area (Å²) in [6.07, 6.45) is 3.05. The van der Waals surface area contributed by atoms with Gasteiger partial charge in [0.25, 0.3) is 0 Å². The van der Waals surface area contributed by atoms with Crippen LogP contribution in [0.15, 0.2) is 72.8 Å². The summed E-state index contributed by atoms with van der Waals surface area (Å²) in [5, 5.41) is 15.7. The second kappa shape index (κ2) is 16.7. The number of alkyl carbamates (subject to hydrolysis) is 1. The lowest BCUT2D eigenvalue weighted by molar-refractivity contribution is -0.142. The Balaban J connectivity index is 2.07. The van der Waals surface area contributed by atoms with Gasteiger partial charge in [-0.3, -0.25) is 9.59 Å². The molecule has 3 amide bonds. The Morgan fingerprint density at radius 1 is 0.867 bits per heavy atom. The Hall–Kier alpha value is -4.33. The molecule has 8 nitrogen and oxygen atoms in total. The van der Waals surface area contributed by atoms with E-state index in [4.69, 9.17) is 4.74 Å². The Morgan fingerprint density at radius 2 is 1.56 bits per heavy atom. The first-order valence-corrected chi connectivity index (χ1v) is 15.8. The molecule has 0 aliphatic carbocycles. The van der Waals surface area contributed by atoms with Crippen molar-refractivity contribution >= 4 is 17.9 Å². The molecule has 0 saturated carbocycles. The van der Waals surface area contributed by atoms with Gasteiger partial charge < -0.3 is 25.4 Å². The van der Waals surface area contributed by atoms with Crippen LogP contribution in [-0.2, 0) is 27.3 Å². The first-order valence-electron chi connectivity index (χ1n) is 15.8. The quantitative estimate of drug-likeness (QED) is 0.171. The number of amides is 3. The molecule has 2 unspecified atom stereocenters. The van der Waals surface area contributed by atoms with Crippen molar-refractivity contribution < 1.29 is 24.2 Å². The van der Waals surface area contributed by atoms with Gasteiger partial charge in [0.15, 0.2) is 0 Å². The van der Waals surface area contributed by atoms with Crippen LogP contribution in [0.4, 0.5) is 4.79 Å². The lowest BCUT2D eigenvalue weighted by Gasteiger charge is -2.35. The van der Waals surface area contributed by atoms with E-state index in [1.54, 1.807) is 49.9 Å². The third kappa shape index (κ3) is 11.0.